The van der Waals surface area contributed by atoms with E-state index in [1.54, 1.807) is 6.92 Å². The molecule has 168 valence electrons. The number of rotatable bonds is 4. The highest BCUT2D eigenvalue weighted by atomic mass is 16.5. The Morgan fingerprint density at radius 2 is 1.90 bits per heavy atom. The number of nitrogens with two attached hydrogens (primary N) is 1. The molecule has 0 saturated heterocycles. The van der Waals surface area contributed by atoms with E-state index in [1.807, 2.05) is 0 Å². The van der Waals surface area contributed by atoms with Gasteiger partial charge in [-0.15, -0.1) is 0 Å². The van der Waals surface area contributed by atoms with Gasteiger partial charge in [-0.3, -0.25) is 14.4 Å². The molecule has 0 aromatic rings. The Kier molecular flexibility index (Phi) is 5.63. The summed E-state index contributed by atoms with van der Waals surface area (Å²) >= 11 is 0. The summed E-state index contributed by atoms with van der Waals surface area (Å²) in [6.07, 6.45) is 5.43. The van der Waals surface area contributed by atoms with Gasteiger partial charge in [-0.1, -0.05) is 13.8 Å². The van der Waals surface area contributed by atoms with Crippen LogP contribution in [0.3, 0.4) is 0 Å². The number of ketones is 2. The van der Waals surface area contributed by atoms with Gasteiger partial charge in [0.25, 0.3) is 0 Å². The zero-order chi connectivity index (χ0) is 21.8. The summed E-state index contributed by atoms with van der Waals surface area (Å²) in [5, 5.41) is 10.2. The maximum absolute atomic E-state index is 13.7. The van der Waals surface area contributed by atoms with Crippen molar-refractivity contribution < 1.29 is 24.2 Å². The zero-order valence-electron chi connectivity index (χ0n) is 18.6. The van der Waals surface area contributed by atoms with Gasteiger partial charge >= 0.3 is 5.97 Å². The second-order valence-electron chi connectivity index (χ2n) is 11.0. The molecule has 0 aromatic carbocycles. The maximum Gasteiger partial charge on any atom is 0.307 e. The van der Waals surface area contributed by atoms with Gasteiger partial charge in [-0.25, -0.2) is 0 Å². The van der Waals surface area contributed by atoms with Crippen LogP contribution in [0.25, 0.3) is 0 Å². The number of hydrogen-bond acceptors (Lipinski definition) is 6. The van der Waals surface area contributed by atoms with Gasteiger partial charge in [-0.05, 0) is 68.6 Å². The Balaban J connectivity index is 1.59. The SMILES string of the molecule is CC(N)CC(=O)O[C@H]1CC[C@@]2(C)C(C1)[C@@H](CO)C(=O)[C@@H]1[C@@H]2CC[C@]2(C)C(=O)CC[C@@H]12. The lowest BCUT2D eigenvalue weighted by molar-refractivity contribution is -0.179. The van der Waals surface area contributed by atoms with Crippen LogP contribution in [-0.4, -0.2) is 41.4 Å². The van der Waals surface area contributed by atoms with E-state index in [-0.39, 0.29) is 71.4 Å². The molecule has 3 N–H and O–H groups in total. The number of Topliss-reactive ketones (excluding diaryl/α,β-unsaturated/α-hetero) is 2. The van der Waals surface area contributed by atoms with Crippen molar-refractivity contribution in [2.45, 2.75) is 84.3 Å². The fourth-order valence-electron chi connectivity index (χ4n) is 7.73. The van der Waals surface area contributed by atoms with Crippen LogP contribution in [0.4, 0.5) is 0 Å². The lowest BCUT2D eigenvalue weighted by atomic mass is 9.42. The summed E-state index contributed by atoms with van der Waals surface area (Å²) in [6.45, 7) is 5.96. The van der Waals surface area contributed by atoms with Crippen LogP contribution in [0.5, 0.6) is 0 Å². The third-order valence-corrected chi connectivity index (χ3v) is 9.36. The van der Waals surface area contributed by atoms with Gasteiger partial charge in [-0.2, -0.15) is 0 Å². The largest absolute Gasteiger partial charge is 0.462 e. The van der Waals surface area contributed by atoms with Crippen LogP contribution in [0, 0.1) is 40.4 Å². The number of aliphatic hydroxyl groups excluding tert-OH is 1. The van der Waals surface area contributed by atoms with Crippen molar-refractivity contribution in [1.29, 1.82) is 0 Å². The summed E-state index contributed by atoms with van der Waals surface area (Å²) < 4.78 is 5.70. The van der Waals surface area contributed by atoms with Crippen molar-refractivity contribution in [3.63, 3.8) is 0 Å². The Morgan fingerprint density at radius 1 is 1.17 bits per heavy atom. The normalized spacial score (nSPS) is 46.6. The Labute approximate surface area is 179 Å². The van der Waals surface area contributed by atoms with Gasteiger partial charge < -0.3 is 15.6 Å². The summed E-state index contributed by atoms with van der Waals surface area (Å²) in [7, 11) is 0. The van der Waals surface area contributed by atoms with Crippen LogP contribution in [-0.2, 0) is 19.1 Å². The number of aliphatic hydroxyl groups is 1. The van der Waals surface area contributed by atoms with Gasteiger partial charge in [0.1, 0.15) is 17.7 Å². The zero-order valence-corrected chi connectivity index (χ0v) is 18.6. The molecular formula is C24H37NO5. The molecule has 0 aliphatic heterocycles. The van der Waals surface area contributed by atoms with Crippen molar-refractivity contribution in [3.05, 3.63) is 0 Å². The van der Waals surface area contributed by atoms with Crippen molar-refractivity contribution in [2.75, 3.05) is 6.61 Å². The molecule has 0 heterocycles. The number of carbonyl (C=O) groups excluding carboxylic acids is 3. The molecule has 6 nitrogen and oxygen atoms in total. The molecule has 4 rings (SSSR count). The molecule has 4 saturated carbocycles. The summed E-state index contributed by atoms with van der Waals surface area (Å²) in [5.74, 6) is 0.0216. The molecule has 4 aliphatic rings. The molecule has 0 spiro atoms. The lowest BCUT2D eigenvalue weighted by Gasteiger charge is -2.61. The molecule has 30 heavy (non-hydrogen) atoms. The molecule has 0 amide bonds. The molecule has 0 bridgehead atoms. The van der Waals surface area contributed by atoms with Crippen molar-refractivity contribution in [1.82, 2.24) is 0 Å². The lowest BCUT2D eigenvalue weighted by Crippen LogP contribution is -2.61. The molecule has 4 fully saturated rings. The Bertz CT molecular complexity index is 735. The van der Waals surface area contributed by atoms with E-state index < -0.39 is 5.92 Å². The third-order valence-electron chi connectivity index (χ3n) is 9.36. The number of esters is 1. The minimum atomic E-state index is -0.427. The summed E-state index contributed by atoms with van der Waals surface area (Å²) in [4.78, 5) is 38.4. The predicted octanol–water partition coefficient (Wildman–Crippen LogP) is 2.64. The second-order valence-corrected chi connectivity index (χ2v) is 11.0. The Morgan fingerprint density at radius 3 is 2.57 bits per heavy atom. The maximum atomic E-state index is 13.7. The first-order chi connectivity index (χ1) is 14.1. The average Bonchev–Trinajstić information content (AvgIpc) is 2.97. The molecule has 4 aliphatic carbocycles. The standard InChI is InChI=1S/C24H37NO5/c1-13(25)10-20(28)30-14-6-8-23(2)17-7-9-24(3)16(4-5-19(24)27)21(17)22(29)15(12-26)18(23)11-14/h13-18,21,26H,4-12,25H2,1-3H3/t13?,14-,15+,16-,17-,18?,21-,23+,24-/m0/s1. The first-order valence-electron chi connectivity index (χ1n) is 11.7. The minimum Gasteiger partial charge on any atom is -0.462 e. The van der Waals surface area contributed by atoms with Crippen molar-refractivity contribution in [2.24, 2.45) is 46.2 Å². The van der Waals surface area contributed by atoms with Crippen LogP contribution < -0.4 is 5.73 Å². The molecule has 0 aromatic heterocycles. The topological polar surface area (TPSA) is 107 Å². The molecule has 0 radical (unpaired) electrons. The number of carbonyl (C=O) groups is 3. The van der Waals surface area contributed by atoms with E-state index in [9.17, 15) is 19.5 Å². The minimum absolute atomic E-state index is 0.0135. The van der Waals surface area contributed by atoms with Crippen molar-refractivity contribution in [3.8, 4) is 0 Å². The first kappa shape index (κ1) is 21.9. The van der Waals surface area contributed by atoms with Gasteiger partial charge in [0.2, 0.25) is 0 Å². The highest BCUT2D eigenvalue weighted by molar-refractivity contribution is 5.91. The summed E-state index contributed by atoms with van der Waals surface area (Å²) in [6, 6.07) is -0.237. The number of ether oxygens (including phenoxy) is 1. The van der Waals surface area contributed by atoms with E-state index in [2.05, 4.69) is 13.8 Å². The third kappa shape index (κ3) is 3.26. The fraction of sp³-hybridized carbons (Fsp3) is 0.875. The Hall–Kier alpha value is -1.27. The van der Waals surface area contributed by atoms with Crippen LogP contribution >= 0.6 is 0 Å². The highest BCUT2D eigenvalue weighted by Gasteiger charge is 2.65. The van der Waals surface area contributed by atoms with E-state index in [1.165, 1.54) is 0 Å². The van der Waals surface area contributed by atoms with Crippen LogP contribution in [0.1, 0.15) is 72.1 Å². The average molecular weight is 420 g/mol. The molecule has 2 unspecified atom stereocenters. The monoisotopic (exact) mass is 419 g/mol. The highest BCUT2D eigenvalue weighted by Crippen LogP contribution is 2.65. The molecule has 6 heteroatoms. The van der Waals surface area contributed by atoms with E-state index >= 15 is 0 Å². The van der Waals surface area contributed by atoms with E-state index in [0.29, 0.717) is 18.6 Å². The smallest absolute Gasteiger partial charge is 0.307 e. The van der Waals surface area contributed by atoms with Crippen LogP contribution in [0.2, 0.25) is 0 Å². The number of fused-ring (bicyclic) bond motifs is 5. The first-order valence-corrected chi connectivity index (χ1v) is 11.7. The summed E-state index contributed by atoms with van der Waals surface area (Å²) in [5.41, 5.74) is 5.29. The molecule has 9 atom stereocenters. The predicted molar refractivity (Wildman–Crippen MR) is 111 cm³/mol. The fourth-order valence-corrected chi connectivity index (χ4v) is 7.73. The van der Waals surface area contributed by atoms with Gasteiger partial charge in [0, 0.05) is 29.7 Å². The van der Waals surface area contributed by atoms with Gasteiger partial charge in [0.15, 0.2) is 0 Å². The number of hydrogen-bond donors (Lipinski definition) is 2. The van der Waals surface area contributed by atoms with Gasteiger partial charge in [0.05, 0.1) is 13.0 Å². The van der Waals surface area contributed by atoms with E-state index in [0.717, 1.165) is 32.1 Å². The van der Waals surface area contributed by atoms with E-state index in [4.69, 9.17) is 10.5 Å². The molecular weight excluding hydrogens is 382 g/mol. The van der Waals surface area contributed by atoms with Crippen molar-refractivity contribution >= 4 is 17.5 Å². The second kappa shape index (κ2) is 7.70. The quantitative estimate of drug-likeness (QED) is 0.679. The van der Waals surface area contributed by atoms with Crippen LogP contribution in [0.15, 0.2) is 0 Å².